The molecule has 1 aliphatic rings. The van der Waals surface area contributed by atoms with Gasteiger partial charge in [0.15, 0.2) is 0 Å². The summed E-state index contributed by atoms with van der Waals surface area (Å²) in [6.45, 7) is 6.63. The van der Waals surface area contributed by atoms with E-state index in [9.17, 15) is 4.39 Å². The van der Waals surface area contributed by atoms with E-state index in [1.807, 2.05) is 6.07 Å². The third kappa shape index (κ3) is 5.06. The molecule has 1 heterocycles. The van der Waals surface area contributed by atoms with Gasteiger partial charge in [0.25, 0.3) is 0 Å². The maximum absolute atomic E-state index is 13.4. The molecular weight excluding hydrogens is 267 g/mol. The molecule has 1 atom stereocenters. The number of nitrogens with one attached hydrogen (secondary N) is 1. The van der Waals surface area contributed by atoms with E-state index >= 15 is 0 Å². The van der Waals surface area contributed by atoms with Gasteiger partial charge in [0.1, 0.15) is 5.82 Å². The number of methoxy groups -OCH3 is 1. The first-order valence-corrected chi connectivity index (χ1v) is 7.89. The lowest BCUT2D eigenvalue weighted by Crippen LogP contribution is -2.45. The summed E-state index contributed by atoms with van der Waals surface area (Å²) < 4.78 is 18.5. The highest BCUT2D eigenvalue weighted by Crippen LogP contribution is 2.21. The smallest absolute Gasteiger partial charge is 0.123 e. The Morgan fingerprint density at radius 1 is 1.38 bits per heavy atom. The van der Waals surface area contributed by atoms with Crippen LogP contribution in [-0.4, -0.2) is 44.3 Å². The highest BCUT2D eigenvalue weighted by molar-refractivity contribution is 5.26. The minimum absolute atomic E-state index is 0.137. The number of aryl methyl sites for hydroxylation is 1. The maximum atomic E-state index is 13.4. The van der Waals surface area contributed by atoms with Gasteiger partial charge in [-0.3, -0.25) is 4.90 Å². The third-order valence-corrected chi connectivity index (χ3v) is 4.30. The number of rotatable bonds is 7. The molecular formula is C17H27FN2O. The average Bonchev–Trinajstić information content (AvgIpc) is 2.49. The van der Waals surface area contributed by atoms with Gasteiger partial charge in [-0.15, -0.1) is 0 Å². The molecule has 21 heavy (non-hydrogen) atoms. The molecule has 1 aromatic rings. The van der Waals surface area contributed by atoms with Crippen LogP contribution in [0.25, 0.3) is 0 Å². The summed E-state index contributed by atoms with van der Waals surface area (Å²) >= 11 is 0. The number of halogens is 1. The standard InChI is InChI=1S/C17H27FN2O/c1-14-6-7-16(18)11-15(14)13-20-9-4-3-5-17(20)12-19-8-10-21-2/h6-7,11,17,19H,3-5,8-10,12-13H2,1-2H3. The zero-order valence-corrected chi connectivity index (χ0v) is 13.2. The van der Waals surface area contributed by atoms with Crippen LogP contribution in [0.5, 0.6) is 0 Å². The number of hydrogen-bond acceptors (Lipinski definition) is 3. The molecule has 1 N–H and O–H groups in total. The van der Waals surface area contributed by atoms with E-state index < -0.39 is 0 Å². The van der Waals surface area contributed by atoms with Crippen molar-refractivity contribution in [2.45, 2.75) is 38.8 Å². The lowest BCUT2D eigenvalue weighted by Gasteiger charge is -2.36. The SMILES string of the molecule is COCCNCC1CCCCN1Cc1cc(F)ccc1C. The number of benzene rings is 1. The first-order valence-electron chi connectivity index (χ1n) is 7.89. The number of hydrogen-bond donors (Lipinski definition) is 1. The highest BCUT2D eigenvalue weighted by Gasteiger charge is 2.22. The summed E-state index contributed by atoms with van der Waals surface area (Å²) in [5, 5.41) is 3.46. The minimum Gasteiger partial charge on any atom is -0.383 e. The first kappa shape index (κ1) is 16.4. The summed E-state index contributed by atoms with van der Waals surface area (Å²) in [6.07, 6.45) is 3.74. The summed E-state index contributed by atoms with van der Waals surface area (Å²) in [5.41, 5.74) is 2.28. The van der Waals surface area contributed by atoms with Crippen molar-refractivity contribution in [1.29, 1.82) is 0 Å². The van der Waals surface area contributed by atoms with Crippen molar-refractivity contribution in [3.8, 4) is 0 Å². The summed E-state index contributed by atoms with van der Waals surface area (Å²) in [7, 11) is 1.72. The van der Waals surface area contributed by atoms with E-state index in [2.05, 4.69) is 17.1 Å². The molecule has 4 heteroatoms. The molecule has 0 spiro atoms. The first-order chi connectivity index (χ1) is 10.2. The quantitative estimate of drug-likeness (QED) is 0.783. The fraction of sp³-hybridized carbons (Fsp3) is 0.647. The fourth-order valence-corrected chi connectivity index (χ4v) is 2.97. The van der Waals surface area contributed by atoms with Gasteiger partial charge < -0.3 is 10.1 Å². The minimum atomic E-state index is -0.137. The van der Waals surface area contributed by atoms with Crippen LogP contribution < -0.4 is 5.32 Å². The Bertz CT molecular complexity index is 439. The normalized spacial score (nSPS) is 19.9. The molecule has 1 aliphatic heterocycles. The number of piperidine rings is 1. The lowest BCUT2D eigenvalue weighted by atomic mass is 10.00. The van der Waals surface area contributed by atoms with Crippen LogP contribution in [0.2, 0.25) is 0 Å². The Morgan fingerprint density at radius 3 is 3.05 bits per heavy atom. The third-order valence-electron chi connectivity index (χ3n) is 4.30. The van der Waals surface area contributed by atoms with E-state index in [0.29, 0.717) is 6.04 Å². The Morgan fingerprint density at radius 2 is 2.24 bits per heavy atom. The van der Waals surface area contributed by atoms with Crippen molar-refractivity contribution in [1.82, 2.24) is 10.2 Å². The van der Waals surface area contributed by atoms with Gasteiger partial charge in [-0.2, -0.15) is 0 Å². The maximum Gasteiger partial charge on any atom is 0.123 e. The van der Waals surface area contributed by atoms with Crippen LogP contribution in [0.1, 0.15) is 30.4 Å². The molecule has 0 bridgehead atoms. The van der Waals surface area contributed by atoms with Crippen LogP contribution >= 0.6 is 0 Å². The monoisotopic (exact) mass is 294 g/mol. The van der Waals surface area contributed by atoms with Crippen molar-refractivity contribution in [3.05, 3.63) is 35.1 Å². The Hall–Kier alpha value is -0.970. The average molecular weight is 294 g/mol. The van der Waals surface area contributed by atoms with E-state index in [0.717, 1.165) is 38.3 Å². The summed E-state index contributed by atoms with van der Waals surface area (Å²) in [4.78, 5) is 2.49. The van der Waals surface area contributed by atoms with Crippen molar-refractivity contribution in [2.24, 2.45) is 0 Å². The molecule has 3 nitrogen and oxygen atoms in total. The molecule has 118 valence electrons. The largest absolute Gasteiger partial charge is 0.383 e. The van der Waals surface area contributed by atoms with Gasteiger partial charge in [-0.1, -0.05) is 12.5 Å². The Kier molecular flexibility index (Phi) is 6.61. The van der Waals surface area contributed by atoms with Gasteiger partial charge in [0.05, 0.1) is 6.61 Å². The number of likely N-dealkylation sites (tertiary alicyclic amines) is 1. The van der Waals surface area contributed by atoms with Crippen LogP contribution in [-0.2, 0) is 11.3 Å². The predicted octanol–water partition coefficient (Wildman–Crippen LogP) is 2.72. The second-order valence-electron chi connectivity index (χ2n) is 5.89. The van der Waals surface area contributed by atoms with Crippen LogP contribution in [0.3, 0.4) is 0 Å². The van der Waals surface area contributed by atoms with E-state index in [4.69, 9.17) is 4.74 Å². The van der Waals surface area contributed by atoms with Gasteiger partial charge in [0, 0.05) is 32.8 Å². The van der Waals surface area contributed by atoms with Gasteiger partial charge >= 0.3 is 0 Å². The summed E-state index contributed by atoms with van der Waals surface area (Å²) in [6, 6.07) is 5.64. The second-order valence-corrected chi connectivity index (χ2v) is 5.89. The molecule has 2 rings (SSSR count). The molecule has 1 unspecified atom stereocenters. The highest BCUT2D eigenvalue weighted by atomic mass is 19.1. The van der Waals surface area contributed by atoms with Crippen LogP contribution in [0.15, 0.2) is 18.2 Å². The van der Waals surface area contributed by atoms with Gasteiger partial charge in [0.2, 0.25) is 0 Å². The number of nitrogens with zero attached hydrogens (tertiary/aromatic N) is 1. The summed E-state index contributed by atoms with van der Waals surface area (Å²) in [5.74, 6) is -0.137. The second kappa shape index (κ2) is 8.47. The zero-order valence-electron chi connectivity index (χ0n) is 13.2. The van der Waals surface area contributed by atoms with Crippen molar-refractivity contribution < 1.29 is 9.13 Å². The number of ether oxygens (including phenoxy) is 1. The molecule has 1 saturated heterocycles. The molecule has 0 saturated carbocycles. The fourth-order valence-electron chi connectivity index (χ4n) is 2.97. The van der Waals surface area contributed by atoms with E-state index in [1.165, 1.54) is 24.8 Å². The molecule has 1 aromatic carbocycles. The molecule has 0 radical (unpaired) electrons. The predicted molar refractivity (Wildman–Crippen MR) is 83.9 cm³/mol. The van der Waals surface area contributed by atoms with Gasteiger partial charge in [-0.05, 0) is 49.6 Å². The van der Waals surface area contributed by atoms with Crippen LogP contribution in [0, 0.1) is 12.7 Å². The zero-order chi connectivity index (χ0) is 15.1. The lowest BCUT2D eigenvalue weighted by molar-refractivity contribution is 0.132. The van der Waals surface area contributed by atoms with Crippen molar-refractivity contribution in [2.75, 3.05) is 33.4 Å². The molecule has 0 aromatic heterocycles. The Labute approximate surface area is 127 Å². The van der Waals surface area contributed by atoms with Gasteiger partial charge in [-0.25, -0.2) is 4.39 Å². The molecule has 0 amide bonds. The van der Waals surface area contributed by atoms with E-state index in [-0.39, 0.29) is 5.82 Å². The molecule has 0 aliphatic carbocycles. The van der Waals surface area contributed by atoms with E-state index in [1.54, 1.807) is 19.2 Å². The molecule has 1 fully saturated rings. The Balaban J connectivity index is 1.93. The van der Waals surface area contributed by atoms with Crippen LogP contribution in [0.4, 0.5) is 4.39 Å². The topological polar surface area (TPSA) is 24.5 Å². The van der Waals surface area contributed by atoms with Crippen molar-refractivity contribution >= 4 is 0 Å². The van der Waals surface area contributed by atoms with Crippen molar-refractivity contribution in [3.63, 3.8) is 0 Å².